The Bertz CT molecular complexity index is 107. The molecule has 10 heavy (non-hydrogen) atoms. The van der Waals surface area contributed by atoms with E-state index in [1.165, 1.54) is 0 Å². The van der Waals surface area contributed by atoms with Gasteiger partial charge in [-0.1, -0.05) is 0 Å². The number of carbonyl (C=O) groups excluding carboxylic acids is 1. The highest BCUT2D eigenvalue weighted by Gasteiger charge is 2.16. The van der Waals surface area contributed by atoms with Gasteiger partial charge in [0, 0.05) is 0 Å². The molecule has 0 fully saturated rings. The van der Waals surface area contributed by atoms with Gasteiger partial charge in [-0.15, -0.1) is 0 Å². The third kappa shape index (κ3) is 3.45. The molecule has 1 atom stereocenters. The zero-order valence-electron chi connectivity index (χ0n) is 7.22. The highest BCUT2D eigenvalue weighted by atomic mass is 16.1. The summed E-state index contributed by atoms with van der Waals surface area (Å²) in [7, 11) is 6.32. The summed E-state index contributed by atoms with van der Waals surface area (Å²) >= 11 is 0. The Labute approximate surface area is 62.6 Å². The van der Waals surface area contributed by atoms with Gasteiger partial charge in [0.2, 0.25) is 6.41 Å². The maximum atomic E-state index is 9.92. The van der Waals surface area contributed by atoms with Crippen LogP contribution in [0.5, 0.6) is 0 Å². The number of likely N-dealkylation sites (N-methyl/N-ethyl adjacent to an activating group) is 1. The third-order valence-corrected chi connectivity index (χ3v) is 1.82. The molecule has 0 aliphatic rings. The van der Waals surface area contributed by atoms with Crippen molar-refractivity contribution in [3.05, 3.63) is 0 Å². The lowest BCUT2D eigenvalue weighted by atomic mass is 10.3. The second-order valence-corrected chi connectivity index (χ2v) is 3.49. The SMILES string of the molecule is CC(CNC=O)[N+](C)(C)C. The zero-order chi connectivity index (χ0) is 8.20. The van der Waals surface area contributed by atoms with Crippen molar-refractivity contribution in [2.24, 2.45) is 0 Å². The van der Waals surface area contributed by atoms with E-state index >= 15 is 0 Å². The summed E-state index contributed by atoms with van der Waals surface area (Å²) in [5, 5.41) is 2.66. The molecule has 1 amide bonds. The molecular weight excluding hydrogens is 128 g/mol. The molecule has 0 aliphatic carbocycles. The van der Waals surface area contributed by atoms with Crippen molar-refractivity contribution in [3.63, 3.8) is 0 Å². The number of nitrogens with one attached hydrogen (secondary N) is 1. The predicted octanol–water partition coefficient (Wildman–Crippen LogP) is -0.173. The molecule has 60 valence electrons. The van der Waals surface area contributed by atoms with Crippen LogP contribution in [0.25, 0.3) is 0 Å². The number of amides is 1. The molecule has 0 aromatic heterocycles. The summed E-state index contributed by atoms with van der Waals surface area (Å²) in [6.07, 6.45) is 0.742. The van der Waals surface area contributed by atoms with E-state index in [-0.39, 0.29) is 0 Å². The van der Waals surface area contributed by atoms with Gasteiger partial charge in [-0.25, -0.2) is 0 Å². The standard InChI is InChI=1S/C7H16N2O/c1-7(5-8-6-10)9(2,3)4/h6-7H,5H2,1-4H3/p+1. The van der Waals surface area contributed by atoms with E-state index in [4.69, 9.17) is 0 Å². The number of nitrogens with zero attached hydrogens (tertiary/aromatic N) is 1. The summed E-state index contributed by atoms with van der Waals surface area (Å²) in [6, 6.07) is 0.463. The average molecular weight is 145 g/mol. The summed E-state index contributed by atoms with van der Waals surface area (Å²) in [5.41, 5.74) is 0. The van der Waals surface area contributed by atoms with E-state index in [1.54, 1.807) is 0 Å². The Morgan fingerprint density at radius 2 is 2.00 bits per heavy atom. The van der Waals surface area contributed by atoms with Crippen molar-refractivity contribution >= 4 is 6.41 Å². The molecule has 0 radical (unpaired) electrons. The van der Waals surface area contributed by atoms with Crippen LogP contribution in [0.1, 0.15) is 6.92 Å². The molecule has 0 saturated heterocycles. The van der Waals surface area contributed by atoms with Crippen molar-refractivity contribution in [2.45, 2.75) is 13.0 Å². The highest BCUT2D eigenvalue weighted by molar-refractivity contribution is 5.45. The van der Waals surface area contributed by atoms with Gasteiger partial charge in [-0.3, -0.25) is 4.79 Å². The first-order valence-corrected chi connectivity index (χ1v) is 3.46. The van der Waals surface area contributed by atoms with E-state index in [0.29, 0.717) is 6.04 Å². The van der Waals surface area contributed by atoms with Gasteiger partial charge in [-0.05, 0) is 6.92 Å². The molecule has 0 aromatic carbocycles. The summed E-state index contributed by atoms with van der Waals surface area (Å²) in [6.45, 7) is 2.85. The van der Waals surface area contributed by atoms with Crippen LogP contribution in [0.2, 0.25) is 0 Å². The molecule has 0 aliphatic heterocycles. The number of hydrogen-bond acceptors (Lipinski definition) is 1. The molecule has 0 heterocycles. The molecule has 3 nitrogen and oxygen atoms in total. The minimum Gasteiger partial charge on any atom is -0.353 e. The summed E-state index contributed by atoms with van der Waals surface area (Å²) in [4.78, 5) is 9.92. The lowest BCUT2D eigenvalue weighted by Gasteiger charge is -2.31. The second-order valence-electron chi connectivity index (χ2n) is 3.49. The molecule has 3 heteroatoms. The fourth-order valence-corrected chi connectivity index (χ4v) is 0.493. The van der Waals surface area contributed by atoms with Crippen LogP contribution in [0.3, 0.4) is 0 Å². The smallest absolute Gasteiger partial charge is 0.207 e. The first kappa shape index (κ1) is 9.43. The normalized spacial score (nSPS) is 14.4. The molecular formula is C7H17N2O+. The predicted molar refractivity (Wildman–Crippen MR) is 41.6 cm³/mol. The Kier molecular flexibility index (Phi) is 3.36. The van der Waals surface area contributed by atoms with Gasteiger partial charge in [0.1, 0.15) is 6.04 Å². The maximum absolute atomic E-state index is 9.92. The van der Waals surface area contributed by atoms with Crippen LogP contribution in [-0.4, -0.2) is 44.6 Å². The first-order chi connectivity index (χ1) is 4.48. The molecule has 1 N–H and O–H groups in total. The molecule has 0 bridgehead atoms. The maximum Gasteiger partial charge on any atom is 0.207 e. The van der Waals surface area contributed by atoms with Gasteiger partial charge in [0.25, 0.3) is 0 Å². The number of quaternary nitrogens is 1. The van der Waals surface area contributed by atoms with Gasteiger partial charge < -0.3 is 9.80 Å². The Balaban J connectivity index is 3.61. The fourth-order valence-electron chi connectivity index (χ4n) is 0.493. The lowest BCUT2D eigenvalue weighted by molar-refractivity contribution is -0.892. The fraction of sp³-hybridized carbons (Fsp3) is 0.857. The van der Waals surface area contributed by atoms with Crippen LogP contribution in [0, 0.1) is 0 Å². The van der Waals surface area contributed by atoms with E-state index in [9.17, 15) is 4.79 Å². The van der Waals surface area contributed by atoms with Gasteiger partial charge in [-0.2, -0.15) is 0 Å². The van der Waals surface area contributed by atoms with Crippen molar-refractivity contribution in [1.29, 1.82) is 0 Å². The highest BCUT2D eigenvalue weighted by Crippen LogP contribution is 1.98. The van der Waals surface area contributed by atoms with E-state index in [0.717, 1.165) is 17.4 Å². The topological polar surface area (TPSA) is 29.1 Å². The monoisotopic (exact) mass is 145 g/mol. The van der Waals surface area contributed by atoms with Gasteiger partial charge in [0.05, 0.1) is 27.7 Å². The lowest BCUT2D eigenvalue weighted by Crippen LogP contribution is -2.48. The van der Waals surface area contributed by atoms with Gasteiger partial charge >= 0.3 is 0 Å². The van der Waals surface area contributed by atoms with Crippen molar-refractivity contribution < 1.29 is 9.28 Å². The largest absolute Gasteiger partial charge is 0.353 e. The molecule has 0 saturated carbocycles. The summed E-state index contributed by atoms with van der Waals surface area (Å²) < 4.78 is 0.876. The van der Waals surface area contributed by atoms with Crippen LogP contribution in [-0.2, 0) is 4.79 Å². The van der Waals surface area contributed by atoms with Crippen LogP contribution < -0.4 is 5.32 Å². The number of carbonyl (C=O) groups is 1. The molecule has 0 rings (SSSR count). The van der Waals surface area contributed by atoms with Crippen molar-refractivity contribution in [1.82, 2.24) is 5.32 Å². The minimum atomic E-state index is 0.463. The van der Waals surface area contributed by atoms with E-state index in [2.05, 4.69) is 33.4 Å². The molecule has 1 unspecified atom stereocenters. The minimum absolute atomic E-state index is 0.463. The Hall–Kier alpha value is -0.570. The Morgan fingerprint density at radius 1 is 1.50 bits per heavy atom. The average Bonchev–Trinajstić information content (AvgIpc) is 1.80. The van der Waals surface area contributed by atoms with E-state index < -0.39 is 0 Å². The van der Waals surface area contributed by atoms with Gasteiger partial charge in [0.15, 0.2) is 0 Å². The van der Waals surface area contributed by atoms with Crippen LogP contribution >= 0.6 is 0 Å². The van der Waals surface area contributed by atoms with E-state index in [1.807, 2.05) is 0 Å². The van der Waals surface area contributed by atoms with Crippen molar-refractivity contribution in [3.8, 4) is 0 Å². The Morgan fingerprint density at radius 3 is 2.30 bits per heavy atom. The number of rotatable bonds is 4. The molecule has 0 spiro atoms. The third-order valence-electron chi connectivity index (χ3n) is 1.82. The number of hydrogen-bond donors (Lipinski definition) is 1. The molecule has 0 aromatic rings. The second kappa shape index (κ2) is 3.56. The van der Waals surface area contributed by atoms with Crippen LogP contribution in [0.4, 0.5) is 0 Å². The summed E-state index contributed by atoms with van der Waals surface area (Å²) in [5.74, 6) is 0. The first-order valence-electron chi connectivity index (χ1n) is 3.46. The quantitative estimate of drug-likeness (QED) is 0.432. The zero-order valence-corrected chi connectivity index (χ0v) is 7.22. The van der Waals surface area contributed by atoms with Crippen LogP contribution in [0.15, 0.2) is 0 Å². The van der Waals surface area contributed by atoms with Crippen molar-refractivity contribution in [2.75, 3.05) is 27.7 Å².